The average Bonchev–Trinajstić information content (AvgIpc) is 2.65. The fourth-order valence-electron chi connectivity index (χ4n) is 2.31. The number of rotatable bonds is 8. The van der Waals surface area contributed by atoms with Crippen LogP contribution in [0.3, 0.4) is 0 Å². The number of carbonyl (C=O) groups is 2. The van der Waals surface area contributed by atoms with Crippen LogP contribution in [0, 0.1) is 0 Å². The van der Waals surface area contributed by atoms with E-state index in [9.17, 15) is 18.4 Å². The van der Waals surface area contributed by atoms with E-state index in [1.54, 1.807) is 43.3 Å². The highest BCUT2D eigenvalue weighted by Crippen LogP contribution is 2.19. The van der Waals surface area contributed by atoms with E-state index in [2.05, 4.69) is 20.7 Å². The molecule has 0 bridgehead atoms. The lowest BCUT2D eigenvalue weighted by Gasteiger charge is -2.16. The van der Waals surface area contributed by atoms with Crippen LogP contribution in [0.2, 0.25) is 0 Å². The number of nitrogens with one attached hydrogen (secondary N) is 3. The third kappa shape index (κ3) is 6.93. The standard InChI is InChI=1S/C19H21F2N3O3/c1-13(14-7-9-16(10-8-14)27-18(20)21)24-19(26)23-12-11-22-17(25)15-5-3-2-4-6-15/h2-10,13,18H,11-12H2,1H3,(H,22,25)(H2,23,24,26). The van der Waals surface area contributed by atoms with Crippen LogP contribution in [0.5, 0.6) is 5.75 Å². The summed E-state index contributed by atoms with van der Waals surface area (Å²) in [5.41, 5.74) is 1.29. The number of carbonyl (C=O) groups excluding carboxylic acids is 2. The number of urea groups is 1. The fraction of sp³-hybridized carbons (Fsp3) is 0.263. The number of ether oxygens (including phenoxy) is 1. The van der Waals surface area contributed by atoms with Crippen LogP contribution < -0.4 is 20.7 Å². The van der Waals surface area contributed by atoms with Crippen molar-refractivity contribution in [2.75, 3.05) is 13.1 Å². The Labute approximate surface area is 155 Å². The summed E-state index contributed by atoms with van der Waals surface area (Å²) in [6.07, 6.45) is 0. The first-order chi connectivity index (χ1) is 13.0. The summed E-state index contributed by atoms with van der Waals surface area (Å²) >= 11 is 0. The van der Waals surface area contributed by atoms with Gasteiger partial charge in [0.15, 0.2) is 0 Å². The molecule has 27 heavy (non-hydrogen) atoms. The van der Waals surface area contributed by atoms with Crippen molar-refractivity contribution in [3.05, 3.63) is 65.7 Å². The molecule has 0 aromatic heterocycles. The molecule has 3 amide bonds. The molecule has 0 aliphatic heterocycles. The third-order valence-electron chi connectivity index (χ3n) is 3.68. The van der Waals surface area contributed by atoms with E-state index in [0.717, 1.165) is 5.56 Å². The van der Waals surface area contributed by atoms with Gasteiger partial charge in [-0.2, -0.15) is 8.78 Å². The molecule has 0 fully saturated rings. The first kappa shape index (κ1) is 20.2. The van der Waals surface area contributed by atoms with Gasteiger partial charge in [-0.25, -0.2) is 4.79 Å². The molecule has 1 unspecified atom stereocenters. The Morgan fingerprint density at radius 1 is 0.963 bits per heavy atom. The lowest BCUT2D eigenvalue weighted by Crippen LogP contribution is -2.41. The maximum atomic E-state index is 12.1. The van der Waals surface area contributed by atoms with Crippen molar-refractivity contribution in [2.45, 2.75) is 19.6 Å². The fourth-order valence-corrected chi connectivity index (χ4v) is 2.31. The van der Waals surface area contributed by atoms with Crippen LogP contribution in [-0.2, 0) is 0 Å². The second kappa shape index (κ2) is 10.1. The van der Waals surface area contributed by atoms with Gasteiger partial charge in [-0.15, -0.1) is 0 Å². The minimum Gasteiger partial charge on any atom is -0.435 e. The lowest BCUT2D eigenvalue weighted by molar-refractivity contribution is -0.0498. The van der Waals surface area contributed by atoms with Gasteiger partial charge in [0, 0.05) is 18.7 Å². The van der Waals surface area contributed by atoms with E-state index in [0.29, 0.717) is 5.56 Å². The summed E-state index contributed by atoms with van der Waals surface area (Å²) in [5, 5.41) is 8.07. The molecule has 3 N–H and O–H groups in total. The Morgan fingerprint density at radius 3 is 2.22 bits per heavy atom. The molecule has 0 saturated carbocycles. The van der Waals surface area contributed by atoms with Crippen molar-refractivity contribution in [1.29, 1.82) is 0 Å². The van der Waals surface area contributed by atoms with Gasteiger partial charge in [0.05, 0.1) is 6.04 Å². The normalized spacial score (nSPS) is 11.6. The Kier molecular flexibility index (Phi) is 7.54. The topological polar surface area (TPSA) is 79.5 Å². The van der Waals surface area contributed by atoms with Gasteiger partial charge < -0.3 is 20.7 Å². The number of hydrogen-bond donors (Lipinski definition) is 3. The summed E-state index contributed by atoms with van der Waals surface area (Å²) in [6, 6.07) is 14.1. The van der Waals surface area contributed by atoms with Gasteiger partial charge in [0.25, 0.3) is 5.91 Å². The van der Waals surface area contributed by atoms with Crippen LogP contribution in [0.4, 0.5) is 13.6 Å². The van der Waals surface area contributed by atoms with Gasteiger partial charge in [0.2, 0.25) is 0 Å². The van der Waals surface area contributed by atoms with Crippen molar-refractivity contribution in [3.8, 4) is 5.75 Å². The number of alkyl halides is 2. The maximum Gasteiger partial charge on any atom is 0.387 e. The van der Waals surface area contributed by atoms with Crippen molar-refractivity contribution in [2.24, 2.45) is 0 Å². The molecule has 2 aromatic rings. The first-order valence-electron chi connectivity index (χ1n) is 8.38. The molecule has 0 spiro atoms. The van der Waals surface area contributed by atoms with Crippen molar-refractivity contribution >= 4 is 11.9 Å². The van der Waals surface area contributed by atoms with Crippen molar-refractivity contribution < 1.29 is 23.1 Å². The van der Waals surface area contributed by atoms with Crippen LogP contribution in [0.15, 0.2) is 54.6 Å². The molecular formula is C19H21F2N3O3. The molecule has 0 aliphatic carbocycles. The minimum atomic E-state index is -2.88. The summed E-state index contributed by atoms with van der Waals surface area (Å²) in [4.78, 5) is 23.7. The maximum absolute atomic E-state index is 12.1. The van der Waals surface area contributed by atoms with Crippen LogP contribution in [0.25, 0.3) is 0 Å². The largest absolute Gasteiger partial charge is 0.435 e. The summed E-state index contributed by atoms with van der Waals surface area (Å²) in [6.45, 7) is -0.563. The van der Waals surface area contributed by atoms with E-state index < -0.39 is 12.6 Å². The minimum absolute atomic E-state index is 0.0551. The van der Waals surface area contributed by atoms with Crippen LogP contribution in [-0.4, -0.2) is 31.6 Å². The Bertz CT molecular complexity index is 740. The highest BCUT2D eigenvalue weighted by Gasteiger charge is 2.10. The van der Waals surface area contributed by atoms with Gasteiger partial charge in [-0.3, -0.25) is 4.79 Å². The number of hydrogen-bond acceptors (Lipinski definition) is 3. The third-order valence-corrected chi connectivity index (χ3v) is 3.68. The number of halogens is 2. The van der Waals surface area contributed by atoms with E-state index in [1.807, 2.05) is 6.07 Å². The Hall–Kier alpha value is -3.16. The average molecular weight is 377 g/mol. The van der Waals surface area contributed by atoms with E-state index in [4.69, 9.17) is 0 Å². The highest BCUT2D eigenvalue weighted by molar-refractivity contribution is 5.94. The van der Waals surface area contributed by atoms with Gasteiger partial charge >= 0.3 is 12.6 Å². The lowest BCUT2D eigenvalue weighted by atomic mass is 10.1. The van der Waals surface area contributed by atoms with Gasteiger partial charge in [-0.1, -0.05) is 30.3 Å². The summed E-state index contributed by atoms with van der Waals surface area (Å²) in [7, 11) is 0. The zero-order valence-electron chi connectivity index (χ0n) is 14.7. The van der Waals surface area contributed by atoms with Gasteiger partial charge in [0.1, 0.15) is 5.75 Å². The number of benzene rings is 2. The van der Waals surface area contributed by atoms with Gasteiger partial charge in [-0.05, 0) is 36.8 Å². The monoisotopic (exact) mass is 377 g/mol. The van der Waals surface area contributed by atoms with E-state index >= 15 is 0 Å². The molecule has 0 aliphatic rings. The molecular weight excluding hydrogens is 356 g/mol. The molecule has 2 aromatic carbocycles. The second-order valence-corrected chi connectivity index (χ2v) is 5.69. The molecule has 0 heterocycles. The molecule has 144 valence electrons. The molecule has 1 atom stereocenters. The van der Waals surface area contributed by atoms with Crippen LogP contribution in [0.1, 0.15) is 28.9 Å². The van der Waals surface area contributed by atoms with E-state index in [-0.39, 0.29) is 30.8 Å². The second-order valence-electron chi connectivity index (χ2n) is 5.69. The summed E-state index contributed by atoms with van der Waals surface area (Å²) < 4.78 is 28.5. The highest BCUT2D eigenvalue weighted by atomic mass is 19.3. The quantitative estimate of drug-likeness (QED) is 0.619. The van der Waals surface area contributed by atoms with Crippen molar-refractivity contribution in [3.63, 3.8) is 0 Å². The van der Waals surface area contributed by atoms with Crippen molar-refractivity contribution in [1.82, 2.24) is 16.0 Å². The zero-order chi connectivity index (χ0) is 19.6. The SMILES string of the molecule is CC(NC(=O)NCCNC(=O)c1ccccc1)c1ccc(OC(F)F)cc1. The molecule has 0 radical (unpaired) electrons. The molecule has 6 nitrogen and oxygen atoms in total. The molecule has 8 heteroatoms. The molecule has 0 saturated heterocycles. The Balaban J connectivity index is 1.69. The number of amides is 3. The van der Waals surface area contributed by atoms with E-state index in [1.165, 1.54) is 12.1 Å². The first-order valence-corrected chi connectivity index (χ1v) is 8.38. The summed E-state index contributed by atoms with van der Waals surface area (Å²) in [5.74, 6) is -0.156. The predicted molar refractivity (Wildman–Crippen MR) is 96.8 cm³/mol. The Morgan fingerprint density at radius 2 is 1.59 bits per heavy atom. The van der Waals surface area contributed by atoms with Crippen LogP contribution >= 0.6 is 0 Å². The predicted octanol–water partition coefficient (Wildman–Crippen LogP) is 3.08. The zero-order valence-corrected chi connectivity index (χ0v) is 14.7. The smallest absolute Gasteiger partial charge is 0.387 e. The molecule has 2 rings (SSSR count).